The summed E-state index contributed by atoms with van der Waals surface area (Å²) in [4.78, 5) is 16.5. The molecular weight excluding hydrogens is 438 g/mol. The Labute approximate surface area is 205 Å². The first-order chi connectivity index (χ1) is 17.0. The first-order valence-electron chi connectivity index (χ1n) is 12.3. The summed E-state index contributed by atoms with van der Waals surface area (Å²) in [6, 6.07) is 14.6. The number of hydrogen-bond donors (Lipinski definition) is 1. The van der Waals surface area contributed by atoms with Crippen molar-refractivity contribution in [1.29, 1.82) is 0 Å². The molecule has 2 aromatic carbocycles. The van der Waals surface area contributed by atoms with Gasteiger partial charge in [-0.15, -0.1) is 0 Å². The molecule has 178 valence electrons. The largest absolute Gasteiger partial charge is 0.493 e. The average molecular weight is 468 g/mol. The van der Waals surface area contributed by atoms with E-state index in [1.54, 1.807) is 0 Å². The molecule has 3 heterocycles. The third-order valence-electron chi connectivity index (χ3n) is 7.48. The van der Waals surface area contributed by atoms with Gasteiger partial charge >= 0.3 is 5.97 Å². The number of para-hydroxylation sites is 1. The molecule has 0 amide bonds. The van der Waals surface area contributed by atoms with E-state index < -0.39 is 0 Å². The molecule has 1 aromatic heterocycles. The number of ether oxygens (including phenoxy) is 3. The van der Waals surface area contributed by atoms with E-state index in [0.717, 1.165) is 40.2 Å². The zero-order valence-electron chi connectivity index (χ0n) is 20.1. The Hall–Kier alpha value is -3.73. The van der Waals surface area contributed by atoms with Crippen molar-refractivity contribution in [1.82, 2.24) is 4.98 Å². The molecule has 3 unspecified atom stereocenters. The van der Waals surface area contributed by atoms with E-state index in [1.165, 1.54) is 16.5 Å². The van der Waals surface area contributed by atoms with Crippen LogP contribution in [0.5, 0.6) is 5.75 Å². The second kappa shape index (κ2) is 8.49. The van der Waals surface area contributed by atoms with Crippen molar-refractivity contribution in [2.75, 3.05) is 13.2 Å². The molecular formula is C30H29NO4. The van der Waals surface area contributed by atoms with Crippen LogP contribution in [0, 0.1) is 5.92 Å². The standard InChI is InChI=1S/C30H29NO4/c1-4-33-30(32)27-17(2)13-26-28(29(27)20-10-9-19-11-12-34-25(19)14-20)18(3)24(35-26)15-21-16-31-23-8-6-5-7-22(21)23/h5-10,13-14,16,24,28-29,31H,3-4,11-12,15H2,1-2H3. The number of fused-ring (bicyclic) bond motifs is 3. The van der Waals surface area contributed by atoms with Crippen LogP contribution in [0.2, 0.25) is 0 Å². The second-order valence-corrected chi connectivity index (χ2v) is 9.53. The predicted molar refractivity (Wildman–Crippen MR) is 135 cm³/mol. The molecule has 2 aliphatic heterocycles. The highest BCUT2D eigenvalue weighted by molar-refractivity contribution is 5.93. The fraction of sp³-hybridized carbons (Fsp3) is 0.300. The van der Waals surface area contributed by atoms with Gasteiger partial charge in [0.05, 0.1) is 19.1 Å². The lowest BCUT2D eigenvalue weighted by Gasteiger charge is -2.30. The molecule has 35 heavy (non-hydrogen) atoms. The lowest BCUT2D eigenvalue weighted by molar-refractivity contribution is -0.139. The zero-order valence-corrected chi connectivity index (χ0v) is 20.1. The van der Waals surface area contributed by atoms with E-state index in [1.807, 2.05) is 26.0 Å². The lowest BCUT2D eigenvalue weighted by atomic mass is 9.71. The van der Waals surface area contributed by atoms with Crippen LogP contribution in [0.3, 0.4) is 0 Å². The van der Waals surface area contributed by atoms with Gasteiger partial charge in [0.1, 0.15) is 17.6 Å². The minimum absolute atomic E-state index is 0.132. The zero-order chi connectivity index (χ0) is 24.1. The van der Waals surface area contributed by atoms with Crippen molar-refractivity contribution >= 4 is 16.9 Å². The van der Waals surface area contributed by atoms with Crippen LogP contribution in [-0.4, -0.2) is 30.3 Å². The Kier molecular flexibility index (Phi) is 5.28. The van der Waals surface area contributed by atoms with Crippen LogP contribution in [0.15, 0.2) is 83.8 Å². The number of aromatic nitrogens is 1. The van der Waals surface area contributed by atoms with Gasteiger partial charge in [-0.1, -0.05) is 36.9 Å². The van der Waals surface area contributed by atoms with E-state index in [9.17, 15) is 4.79 Å². The van der Waals surface area contributed by atoms with E-state index >= 15 is 0 Å². The molecule has 0 bridgehead atoms. The van der Waals surface area contributed by atoms with Crippen LogP contribution in [-0.2, 0) is 27.1 Å². The summed E-state index contributed by atoms with van der Waals surface area (Å²) in [6.07, 6.45) is 5.51. The monoisotopic (exact) mass is 467 g/mol. The number of esters is 1. The summed E-state index contributed by atoms with van der Waals surface area (Å²) in [5.74, 6) is 1.13. The van der Waals surface area contributed by atoms with E-state index in [0.29, 0.717) is 25.2 Å². The summed E-state index contributed by atoms with van der Waals surface area (Å²) in [5.41, 5.74) is 7.09. The molecule has 1 fully saturated rings. The van der Waals surface area contributed by atoms with Gasteiger partial charge in [-0.2, -0.15) is 0 Å². The Balaban J connectivity index is 1.39. The van der Waals surface area contributed by atoms with Gasteiger partial charge in [0.25, 0.3) is 0 Å². The number of H-pyrrole nitrogens is 1. The summed E-state index contributed by atoms with van der Waals surface area (Å²) in [6.45, 7) is 9.34. The number of benzene rings is 2. The van der Waals surface area contributed by atoms with Gasteiger partial charge in [0.15, 0.2) is 0 Å². The second-order valence-electron chi connectivity index (χ2n) is 9.53. The molecule has 6 rings (SSSR count). The molecule has 3 aromatic rings. The number of aromatic amines is 1. The van der Waals surface area contributed by atoms with Crippen molar-refractivity contribution in [2.24, 2.45) is 5.92 Å². The SMILES string of the molecule is C=C1C(Cc2c[nH]c3ccccc23)OC2=CC(C)=C(C(=O)OCC)C(c3ccc4c(c3)OCC4)C12. The third kappa shape index (κ3) is 3.57. The third-order valence-corrected chi connectivity index (χ3v) is 7.48. The summed E-state index contributed by atoms with van der Waals surface area (Å²) >= 11 is 0. The van der Waals surface area contributed by atoms with Gasteiger partial charge in [0, 0.05) is 41.4 Å². The molecule has 3 aliphatic rings. The Morgan fingerprint density at radius 2 is 2.06 bits per heavy atom. The van der Waals surface area contributed by atoms with Crippen molar-refractivity contribution in [3.05, 3.63) is 100 Å². The summed E-state index contributed by atoms with van der Waals surface area (Å²) < 4.78 is 17.9. The molecule has 0 radical (unpaired) electrons. The normalized spacial score (nSPS) is 23.0. The van der Waals surface area contributed by atoms with E-state index in [-0.39, 0.29) is 23.9 Å². The number of allylic oxidation sites excluding steroid dienone is 3. The van der Waals surface area contributed by atoms with Gasteiger partial charge < -0.3 is 19.2 Å². The maximum Gasteiger partial charge on any atom is 0.334 e. The van der Waals surface area contributed by atoms with Crippen molar-refractivity contribution in [3.63, 3.8) is 0 Å². The number of carbonyl (C=O) groups excluding carboxylic acids is 1. The van der Waals surface area contributed by atoms with Crippen molar-refractivity contribution in [3.8, 4) is 5.75 Å². The Bertz CT molecular complexity index is 1410. The summed E-state index contributed by atoms with van der Waals surface area (Å²) in [5, 5.41) is 1.20. The minimum Gasteiger partial charge on any atom is -0.493 e. The number of nitrogens with one attached hydrogen (secondary N) is 1. The first-order valence-corrected chi connectivity index (χ1v) is 12.3. The number of hydrogen-bond acceptors (Lipinski definition) is 4. The Morgan fingerprint density at radius 1 is 1.20 bits per heavy atom. The van der Waals surface area contributed by atoms with E-state index in [2.05, 4.69) is 54.2 Å². The fourth-order valence-corrected chi connectivity index (χ4v) is 5.81. The van der Waals surface area contributed by atoms with Crippen LogP contribution in [0.4, 0.5) is 0 Å². The highest BCUT2D eigenvalue weighted by Gasteiger charge is 2.46. The topological polar surface area (TPSA) is 60.6 Å². The van der Waals surface area contributed by atoms with Crippen molar-refractivity contribution in [2.45, 2.75) is 38.7 Å². The molecule has 5 nitrogen and oxygen atoms in total. The lowest BCUT2D eigenvalue weighted by Crippen LogP contribution is -2.26. The maximum absolute atomic E-state index is 13.2. The van der Waals surface area contributed by atoms with Gasteiger partial charge in [0.2, 0.25) is 0 Å². The van der Waals surface area contributed by atoms with Gasteiger partial charge in [-0.25, -0.2) is 4.79 Å². The smallest absolute Gasteiger partial charge is 0.334 e. The number of rotatable bonds is 5. The van der Waals surface area contributed by atoms with Crippen LogP contribution in [0.25, 0.3) is 10.9 Å². The van der Waals surface area contributed by atoms with Gasteiger partial charge in [-0.05, 0) is 59.9 Å². The van der Waals surface area contributed by atoms with Gasteiger partial charge in [-0.3, -0.25) is 0 Å². The molecule has 0 saturated carbocycles. The highest BCUT2D eigenvalue weighted by atomic mass is 16.5. The minimum atomic E-state index is -0.278. The first kappa shape index (κ1) is 21.8. The molecule has 3 atom stereocenters. The molecule has 1 N–H and O–H groups in total. The quantitative estimate of drug-likeness (QED) is 0.382. The fourth-order valence-electron chi connectivity index (χ4n) is 5.81. The van der Waals surface area contributed by atoms with Crippen molar-refractivity contribution < 1.29 is 19.0 Å². The molecule has 0 spiro atoms. The van der Waals surface area contributed by atoms with Crippen LogP contribution >= 0.6 is 0 Å². The summed E-state index contributed by atoms with van der Waals surface area (Å²) in [7, 11) is 0. The molecule has 1 saturated heterocycles. The van der Waals surface area contributed by atoms with Crippen LogP contribution in [0.1, 0.15) is 36.5 Å². The molecule has 1 aliphatic carbocycles. The molecule has 5 heteroatoms. The predicted octanol–water partition coefficient (Wildman–Crippen LogP) is 5.78. The maximum atomic E-state index is 13.2. The highest BCUT2D eigenvalue weighted by Crippen LogP contribution is 2.52. The average Bonchev–Trinajstić information content (AvgIpc) is 3.56. The van der Waals surface area contributed by atoms with Crippen LogP contribution < -0.4 is 4.74 Å². The Morgan fingerprint density at radius 3 is 2.91 bits per heavy atom. The number of carbonyl (C=O) groups is 1. The van der Waals surface area contributed by atoms with E-state index in [4.69, 9.17) is 14.2 Å².